The molecule has 0 aliphatic heterocycles. The van der Waals surface area contributed by atoms with Crippen molar-refractivity contribution in [2.45, 2.75) is 86.0 Å². The number of para-hydroxylation sites is 2. The van der Waals surface area contributed by atoms with Crippen LogP contribution in [0.5, 0.6) is 0 Å². The molecular formula is C38H45BrN2Pd-2. The first-order valence-corrected chi connectivity index (χ1v) is 20.3. The van der Waals surface area contributed by atoms with Gasteiger partial charge in [0.25, 0.3) is 0 Å². The van der Waals surface area contributed by atoms with Gasteiger partial charge in [0, 0.05) is 0 Å². The topological polar surface area (TPSA) is 9.86 Å². The number of hydrogen-bond acceptors (Lipinski definition) is 0. The van der Waals surface area contributed by atoms with Crippen LogP contribution in [0.25, 0.3) is 22.1 Å². The summed E-state index contributed by atoms with van der Waals surface area (Å²) >= 11 is 2.82. The van der Waals surface area contributed by atoms with Gasteiger partial charge in [0.05, 0.1) is 0 Å². The summed E-state index contributed by atoms with van der Waals surface area (Å²) in [5, 5.41) is 2.64. The van der Waals surface area contributed by atoms with Crippen LogP contribution in [0.2, 0.25) is 0 Å². The second kappa shape index (κ2) is 12.6. The number of nitrogens with zero attached hydrogens (tertiary/aromatic N) is 2. The molecule has 0 aliphatic carbocycles. The molecule has 0 spiro atoms. The SMILES string of the molecule is Cc1ccc2ccccc2[c]1[Pd-2]([Br])=[c]1n(-c2c(C(C)C)cccc2C(C)C)ccn1-c1c(C(C)C)cccc1C(C)C. The molecule has 0 saturated carbocycles. The summed E-state index contributed by atoms with van der Waals surface area (Å²) in [7, 11) is 0. The molecule has 0 atom stereocenters. The molecule has 0 amide bonds. The van der Waals surface area contributed by atoms with Crippen LogP contribution in [-0.4, -0.2) is 9.13 Å². The Bertz CT molecular complexity index is 1680. The minimum absolute atomic E-state index is 0.406. The molecule has 42 heavy (non-hydrogen) atoms. The van der Waals surface area contributed by atoms with Gasteiger partial charge in [0.1, 0.15) is 0 Å². The van der Waals surface area contributed by atoms with E-state index >= 15 is 0 Å². The summed E-state index contributed by atoms with van der Waals surface area (Å²) in [6.45, 7) is 20.8. The molecule has 0 saturated heterocycles. The van der Waals surface area contributed by atoms with E-state index in [0.29, 0.717) is 23.7 Å². The average molecular weight is 716 g/mol. The molecule has 1 heterocycles. The Balaban J connectivity index is 2.04. The van der Waals surface area contributed by atoms with Crippen LogP contribution in [0.1, 0.15) is 107 Å². The zero-order valence-corrected chi connectivity index (χ0v) is 29.6. The fourth-order valence-corrected chi connectivity index (χ4v) is 12.3. The maximum absolute atomic E-state index is 4.46. The molecular weight excluding hydrogens is 671 g/mol. The van der Waals surface area contributed by atoms with Gasteiger partial charge in [-0.1, -0.05) is 0 Å². The second-order valence-corrected chi connectivity index (χ2v) is 18.0. The number of benzene rings is 4. The normalized spacial score (nSPS) is 12.4. The molecule has 5 rings (SSSR count). The fourth-order valence-electron chi connectivity index (χ4n) is 5.97. The molecule has 4 heteroatoms. The van der Waals surface area contributed by atoms with Gasteiger partial charge in [0.2, 0.25) is 0 Å². The zero-order chi connectivity index (χ0) is 30.3. The second-order valence-electron chi connectivity index (χ2n) is 12.6. The van der Waals surface area contributed by atoms with Crippen molar-refractivity contribution in [1.82, 2.24) is 9.13 Å². The Hall–Kier alpha value is -2.51. The van der Waals surface area contributed by atoms with E-state index in [1.807, 2.05) is 0 Å². The first-order chi connectivity index (χ1) is 20.0. The summed E-state index contributed by atoms with van der Waals surface area (Å²) in [5.74, 6) is 1.62. The van der Waals surface area contributed by atoms with E-state index in [1.54, 1.807) is 0 Å². The van der Waals surface area contributed by atoms with E-state index in [-0.39, 0.29) is 0 Å². The Morgan fingerprint density at radius 1 is 0.548 bits per heavy atom. The number of aryl methyl sites for hydroxylation is 1. The Kier molecular flexibility index (Phi) is 9.29. The number of halogens is 1. The van der Waals surface area contributed by atoms with Gasteiger partial charge in [-0.15, -0.1) is 0 Å². The third kappa shape index (κ3) is 5.59. The molecule has 0 fully saturated rings. The van der Waals surface area contributed by atoms with Crippen LogP contribution in [0.15, 0.2) is 85.2 Å². The predicted molar refractivity (Wildman–Crippen MR) is 182 cm³/mol. The third-order valence-corrected chi connectivity index (χ3v) is 14.1. The first kappa shape index (κ1) is 30.9. The van der Waals surface area contributed by atoms with Crippen molar-refractivity contribution >= 4 is 28.2 Å². The number of rotatable bonds is 7. The van der Waals surface area contributed by atoms with E-state index in [0.717, 1.165) is 0 Å². The van der Waals surface area contributed by atoms with Crippen LogP contribution in [0.4, 0.5) is 0 Å². The molecule has 1 aromatic heterocycles. The van der Waals surface area contributed by atoms with E-state index in [1.165, 1.54) is 57.9 Å². The number of aromatic nitrogens is 2. The molecule has 0 unspecified atom stereocenters. The van der Waals surface area contributed by atoms with Crippen molar-refractivity contribution < 1.29 is 14.3 Å². The van der Waals surface area contributed by atoms with Crippen LogP contribution in [0.3, 0.4) is 0 Å². The molecule has 0 aliphatic rings. The van der Waals surface area contributed by atoms with Crippen molar-refractivity contribution in [2.75, 3.05) is 0 Å². The Labute approximate surface area is 264 Å². The van der Waals surface area contributed by atoms with Gasteiger partial charge >= 0.3 is 266 Å². The van der Waals surface area contributed by atoms with Crippen molar-refractivity contribution in [2.24, 2.45) is 0 Å². The monoisotopic (exact) mass is 714 g/mol. The summed E-state index contributed by atoms with van der Waals surface area (Å²) in [6, 6.07) is 27.2. The van der Waals surface area contributed by atoms with Crippen LogP contribution in [-0.2, 0) is 14.3 Å². The molecule has 0 bridgehead atoms. The van der Waals surface area contributed by atoms with Gasteiger partial charge in [-0.05, 0) is 0 Å². The maximum atomic E-state index is 4.46. The van der Waals surface area contributed by atoms with E-state index in [2.05, 4.69) is 170 Å². The van der Waals surface area contributed by atoms with Crippen molar-refractivity contribution in [3.63, 3.8) is 0 Å². The standard InChI is InChI=1S/C27H36N2.C11H9.BrH.Pd/c1-18(2)22-11-9-12-23(19(3)4)26(22)28-15-16-29(17-28)27-24(20(5)6)13-10-14-25(27)21(7)8;1-9-6-7-10-4-2-3-5-11(10)8-9;;/h9-16,18-21H,1-8H3;2-7H,1H3;1H;/q;;;-1/p-1. The van der Waals surface area contributed by atoms with Crippen molar-refractivity contribution in [1.29, 1.82) is 0 Å². The Morgan fingerprint density at radius 2 is 0.976 bits per heavy atom. The fraction of sp³-hybridized carbons (Fsp3) is 0.342. The molecule has 0 radical (unpaired) electrons. The van der Waals surface area contributed by atoms with E-state index < -0.39 is 14.3 Å². The quantitative estimate of drug-likeness (QED) is 0.149. The predicted octanol–water partition coefficient (Wildman–Crippen LogP) is 11.0. The molecule has 2 nitrogen and oxygen atoms in total. The summed E-state index contributed by atoms with van der Waals surface area (Å²) in [6.07, 6.45) is 4.67. The van der Waals surface area contributed by atoms with Gasteiger partial charge in [-0.3, -0.25) is 0 Å². The summed E-state index contributed by atoms with van der Waals surface area (Å²) < 4.78 is 7.87. The van der Waals surface area contributed by atoms with E-state index in [4.69, 9.17) is 0 Å². The molecule has 5 aromatic rings. The molecule has 226 valence electrons. The van der Waals surface area contributed by atoms with E-state index in [9.17, 15) is 0 Å². The number of fused-ring (bicyclic) bond motifs is 1. The van der Waals surface area contributed by atoms with Crippen LogP contribution in [0, 0.1) is 10.8 Å². The van der Waals surface area contributed by atoms with Crippen LogP contribution < -0.4 is 4.04 Å². The van der Waals surface area contributed by atoms with Gasteiger partial charge in [0.15, 0.2) is 0 Å². The zero-order valence-electron chi connectivity index (χ0n) is 26.5. The van der Waals surface area contributed by atoms with Crippen molar-refractivity contribution in [3.8, 4) is 11.4 Å². The number of imidazole rings is 1. The summed E-state index contributed by atoms with van der Waals surface area (Å²) in [5.41, 5.74) is 9.60. The molecule has 4 aromatic carbocycles. The average Bonchev–Trinajstić information content (AvgIpc) is 3.40. The van der Waals surface area contributed by atoms with Gasteiger partial charge in [-0.25, -0.2) is 0 Å². The minimum atomic E-state index is -1.64. The Morgan fingerprint density at radius 3 is 1.40 bits per heavy atom. The first-order valence-electron chi connectivity index (χ1n) is 15.2. The van der Waals surface area contributed by atoms with Crippen LogP contribution >= 0.6 is 13.4 Å². The third-order valence-electron chi connectivity index (χ3n) is 8.18. The van der Waals surface area contributed by atoms with Gasteiger partial charge < -0.3 is 0 Å². The van der Waals surface area contributed by atoms with Crippen molar-refractivity contribution in [3.05, 3.63) is 117 Å². The molecule has 0 N–H and O–H groups in total. The summed E-state index contributed by atoms with van der Waals surface area (Å²) in [4.78, 5) is 0. The number of hydrogen-bond donors (Lipinski definition) is 0. The van der Waals surface area contributed by atoms with Gasteiger partial charge in [-0.2, -0.15) is 0 Å².